The molecule has 13 heavy (non-hydrogen) atoms. The molecule has 0 saturated carbocycles. The third-order valence-electron chi connectivity index (χ3n) is 1.82. The molecular weight excluding hydrogens is 168 g/mol. The SMILES string of the molecule is C[C@H](Oc1ncccn1)C(C)(C)O. The summed E-state index contributed by atoms with van der Waals surface area (Å²) in [5.41, 5.74) is -0.890. The van der Waals surface area contributed by atoms with Crippen LogP contribution in [0.25, 0.3) is 0 Å². The average Bonchev–Trinajstić information content (AvgIpc) is 2.04. The van der Waals surface area contributed by atoms with Gasteiger partial charge in [-0.3, -0.25) is 0 Å². The van der Waals surface area contributed by atoms with Crippen LogP contribution < -0.4 is 4.74 Å². The standard InChI is InChI=1S/C9H14N2O2/c1-7(9(2,3)12)13-8-10-5-4-6-11-8/h4-7,12H,1-3H3/t7-/m0/s1. The maximum Gasteiger partial charge on any atom is 0.316 e. The van der Waals surface area contributed by atoms with E-state index in [0.29, 0.717) is 0 Å². The van der Waals surface area contributed by atoms with Gasteiger partial charge in [0.05, 0.1) is 5.60 Å². The van der Waals surface area contributed by atoms with Gasteiger partial charge in [-0.25, -0.2) is 9.97 Å². The minimum atomic E-state index is -0.890. The van der Waals surface area contributed by atoms with Crippen molar-refractivity contribution in [1.82, 2.24) is 9.97 Å². The van der Waals surface area contributed by atoms with Gasteiger partial charge in [-0.1, -0.05) is 0 Å². The van der Waals surface area contributed by atoms with E-state index in [1.54, 1.807) is 39.2 Å². The topological polar surface area (TPSA) is 55.2 Å². The molecule has 0 bridgehead atoms. The van der Waals surface area contributed by atoms with Crippen molar-refractivity contribution in [1.29, 1.82) is 0 Å². The highest BCUT2D eigenvalue weighted by atomic mass is 16.5. The quantitative estimate of drug-likeness (QED) is 0.758. The Morgan fingerprint density at radius 1 is 1.38 bits per heavy atom. The van der Waals surface area contributed by atoms with Crippen LogP contribution in [0.15, 0.2) is 18.5 Å². The van der Waals surface area contributed by atoms with Crippen LogP contribution in [0.5, 0.6) is 6.01 Å². The molecule has 0 saturated heterocycles. The summed E-state index contributed by atoms with van der Waals surface area (Å²) in [7, 11) is 0. The lowest BCUT2D eigenvalue weighted by Crippen LogP contribution is -2.38. The first-order chi connectivity index (χ1) is 6.00. The summed E-state index contributed by atoms with van der Waals surface area (Å²) in [4.78, 5) is 7.78. The lowest BCUT2D eigenvalue weighted by molar-refractivity contribution is -0.0280. The molecule has 1 N–H and O–H groups in total. The van der Waals surface area contributed by atoms with Crippen LogP contribution in [0.3, 0.4) is 0 Å². The maximum atomic E-state index is 9.57. The second-order valence-electron chi connectivity index (χ2n) is 3.45. The fraction of sp³-hybridized carbons (Fsp3) is 0.556. The summed E-state index contributed by atoms with van der Waals surface area (Å²) in [6.07, 6.45) is 2.86. The van der Waals surface area contributed by atoms with Crippen LogP contribution >= 0.6 is 0 Å². The summed E-state index contributed by atoms with van der Waals surface area (Å²) >= 11 is 0. The van der Waals surface area contributed by atoms with E-state index in [2.05, 4.69) is 9.97 Å². The molecule has 4 nitrogen and oxygen atoms in total. The number of hydrogen-bond acceptors (Lipinski definition) is 4. The average molecular weight is 182 g/mol. The normalized spacial score (nSPS) is 13.8. The van der Waals surface area contributed by atoms with Gasteiger partial charge in [0, 0.05) is 12.4 Å². The molecule has 0 aromatic carbocycles. The van der Waals surface area contributed by atoms with E-state index in [1.807, 2.05) is 0 Å². The van der Waals surface area contributed by atoms with Crippen LogP contribution in [0, 0.1) is 0 Å². The Morgan fingerprint density at radius 2 is 1.92 bits per heavy atom. The summed E-state index contributed by atoms with van der Waals surface area (Å²) in [6.45, 7) is 5.14. The molecule has 1 atom stereocenters. The minimum absolute atomic E-state index is 0.289. The Hall–Kier alpha value is -1.16. The fourth-order valence-electron chi connectivity index (χ4n) is 0.649. The van der Waals surface area contributed by atoms with Crippen molar-refractivity contribution in [3.8, 4) is 6.01 Å². The first-order valence-electron chi connectivity index (χ1n) is 4.16. The maximum absolute atomic E-state index is 9.57. The van der Waals surface area contributed by atoms with Crippen molar-refractivity contribution in [2.24, 2.45) is 0 Å². The number of ether oxygens (including phenoxy) is 1. The molecule has 0 spiro atoms. The van der Waals surface area contributed by atoms with E-state index < -0.39 is 5.60 Å². The summed E-state index contributed by atoms with van der Waals surface area (Å²) in [6, 6.07) is 2.00. The molecular formula is C9H14N2O2. The van der Waals surface area contributed by atoms with Crippen molar-refractivity contribution in [3.63, 3.8) is 0 Å². The smallest absolute Gasteiger partial charge is 0.316 e. The van der Waals surface area contributed by atoms with Gasteiger partial charge >= 0.3 is 6.01 Å². The highest BCUT2D eigenvalue weighted by Gasteiger charge is 2.24. The number of aromatic nitrogens is 2. The molecule has 0 radical (unpaired) electrons. The van der Waals surface area contributed by atoms with E-state index in [9.17, 15) is 5.11 Å². The van der Waals surface area contributed by atoms with E-state index >= 15 is 0 Å². The predicted octanol–water partition coefficient (Wildman–Crippen LogP) is 1.01. The zero-order valence-corrected chi connectivity index (χ0v) is 8.06. The molecule has 0 fully saturated rings. The van der Waals surface area contributed by atoms with Gasteiger partial charge in [-0.15, -0.1) is 0 Å². The zero-order valence-electron chi connectivity index (χ0n) is 8.06. The lowest BCUT2D eigenvalue weighted by Gasteiger charge is -2.25. The largest absolute Gasteiger partial charge is 0.457 e. The first kappa shape index (κ1) is 9.92. The van der Waals surface area contributed by atoms with Crippen molar-refractivity contribution < 1.29 is 9.84 Å². The number of nitrogens with zero attached hydrogens (tertiary/aromatic N) is 2. The van der Waals surface area contributed by atoms with E-state index in [4.69, 9.17) is 4.74 Å². The molecule has 0 unspecified atom stereocenters. The first-order valence-corrected chi connectivity index (χ1v) is 4.16. The molecule has 0 aliphatic heterocycles. The minimum Gasteiger partial charge on any atom is -0.457 e. The predicted molar refractivity (Wildman–Crippen MR) is 48.4 cm³/mol. The van der Waals surface area contributed by atoms with Gasteiger partial charge < -0.3 is 9.84 Å². The Labute approximate surface area is 77.6 Å². The van der Waals surface area contributed by atoms with Gasteiger partial charge in [-0.05, 0) is 26.8 Å². The number of hydrogen-bond donors (Lipinski definition) is 1. The van der Waals surface area contributed by atoms with Crippen LogP contribution in [-0.2, 0) is 0 Å². The van der Waals surface area contributed by atoms with E-state index in [0.717, 1.165) is 0 Å². The van der Waals surface area contributed by atoms with E-state index in [-0.39, 0.29) is 12.1 Å². The molecule has 1 aromatic heterocycles. The number of rotatable bonds is 3. The highest BCUT2D eigenvalue weighted by molar-refractivity contribution is 4.95. The van der Waals surface area contributed by atoms with Crippen LogP contribution in [0.4, 0.5) is 0 Å². The van der Waals surface area contributed by atoms with Crippen LogP contribution in [0.1, 0.15) is 20.8 Å². The molecule has 0 aliphatic rings. The molecule has 4 heteroatoms. The van der Waals surface area contributed by atoms with Crippen molar-refractivity contribution in [3.05, 3.63) is 18.5 Å². The summed E-state index contributed by atoms with van der Waals surface area (Å²) in [5, 5.41) is 9.57. The molecule has 1 aromatic rings. The Balaban J connectivity index is 2.61. The second kappa shape index (κ2) is 3.70. The van der Waals surface area contributed by atoms with Crippen LogP contribution in [-0.4, -0.2) is 26.8 Å². The summed E-state index contributed by atoms with van der Waals surface area (Å²) in [5.74, 6) is 0. The highest BCUT2D eigenvalue weighted by Crippen LogP contribution is 2.13. The lowest BCUT2D eigenvalue weighted by atomic mass is 10.0. The Morgan fingerprint density at radius 3 is 2.38 bits per heavy atom. The van der Waals surface area contributed by atoms with Gasteiger partial charge in [0.15, 0.2) is 0 Å². The van der Waals surface area contributed by atoms with Crippen LogP contribution in [0.2, 0.25) is 0 Å². The Bertz CT molecular complexity index is 256. The number of aliphatic hydroxyl groups is 1. The Kier molecular flexibility index (Phi) is 2.83. The molecule has 0 amide bonds. The van der Waals surface area contributed by atoms with Crippen molar-refractivity contribution in [2.45, 2.75) is 32.5 Å². The van der Waals surface area contributed by atoms with Gasteiger partial charge in [0.25, 0.3) is 0 Å². The van der Waals surface area contributed by atoms with Crippen molar-refractivity contribution >= 4 is 0 Å². The van der Waals surface area contributed by atoms with Gasteiger partial charge in [-0.2, -0.15) is 0 Å². The van der Waals surface area contributed by atoms with Crippen molar-refractivity contribution in [2.75, 3.05) is 0 Å². The third-order valence-corrected chi connectivity index (χ3v) is 1.82. The molecule has 0 aliphatic carbocycles. The summed E-state index contributed by atoms with van der Waals surface area (Å²) < 4.78 is 5.31. The second-order valence-corrected chi connectivity index (χ2v) is 3.45. The zero-order chi connectivity index (χ0) is 9.90. The van der Waals surface area contributed by atoms with Gasteiger partial charge in [0.2, 0.25) is 0 Å². The third kappa shape index (κ3) is 2.99. The van der Waals surface area contributed by atoms with E-state index in [1.165, 1.54) is 0 Å². The van der Waals surface area contributed by atoms with Gasteiger partial charge in [0.1, 0.15) is 6.10 Å². The molecule has 1 rings (SSSR count). The molecule has 72 valence electrons. The monoisotopic (exact) mass is 182 g/mol. The fourth-order valence-corrected chi connectivity index (χ4v) is 0.649. The molecule has 1 heterocycles.